The van der Waals surface area contributed by atoms with Crippen molar-refractivity contribution in [3.8, 4) is 0 Å². The van der Waals surface area contributed by atoms with Crippen molar-refractivity contribution in [2.45, 2.75) is 27.3 Å². The van der Waals surface area contributed by atoms with E-state index in [-0.39, 0.29) is 17.3 Å². The number of benzene rings is 1. The molecule has 0 aliphatic carbocycles. The van der Waals surface area contributed by atoms with Crippen molar-refractivity contribution >= 4 is 6.03 Å². The van der Waals surface area contributed by atoms with E-state index in [9.17, 15) is 9.18 Å². The largest absolute Gasteiger partial charge is 0.334 e. The molecule has 18 heavy (non-hydrogen) atoms. The lowest BCUT2D eigenvalue weighted by Crippen LogP contribution is -2.31. The molecule has 2 N–H and O–H groups in total. The Hall–Kier alpha value is -1.84. The van der Waals surface area contributed by atoms with Gasteiger partial charge in [0.25, 0.3) is 0 Å². The molecule has 0 unspecified atom stereocenters. The molecule has 2 amide bonds. The SMILES string of the molecule is CC(C)(C)/C=C/NC(=O)NCc1ccc(F)cc1. The van der Waals surface area contributed by atoms with Crippen LogP contribution in [-0.2, 0) is 6.54 Å². The summed E-state index contributed by atoms with van der Waals surface area (Å²) < 4.78 is 12.7. The molecular formula is C14H19FN2O. The van der Waals surface area contributed by atoms with Crippen LogP contribution in [0.1, 0.15) is 26.3 Å². The fourth-order valence-corrected chi connectivity index (χ4v) is 1.20. The van der Waals surface area contributed by atoms with Crippen molar-refractivity contribution < 1.29 is 9.18 Å². The van der Waals surface area contributed by atoms with E-state index in [1.165, 1.54) is 12.1 Å². The Balaban J connectivity index is 2.33. The number of hydrogen-bond donors (Lipinski definition) is 2. The van der Waals surface area contributed by atoms with Crippen molar-refractivity contribution in [1.29, 1.82) is 0 Å². The zero-order valence-corrected chi connectivity index (χ0v) is 11.0. The number of rotatable bonds is 3. The number of allylic oxidation sites excluding steroid dienone is 1. The topological polar surface area (TPSA) is 41.1 Å². The van der Waals surface area contributed by atoms with Crippen molar-refractivity contribution in [3.63, 3.8) is 0 Å². The number of urea groups is 1. The van der Waals surface area contributed by atoms with E-state index in [1.54, 1.807) is 18.3 Å². The number of amides is 2. The number of hydrogen-bond acceptors (Lipinski definition) is 1. The third-order valence-electron chi connectivity index (χ3n) is 2.16. The number of nitrogens with one attached hydrogen (secondary N) is 2. The summed E-state index contributed by atoms with van der Waals surface area (Å²) in [4.78, 5) is 11.4. The second kappa shape index (κ2) is 6.19. The maximum absolute atomic E-state index is 12.7. The van der Waals surface area contributed by atoms with E-state index in [4.69, 9.17) is 0 Å². The van der Waals surface area contributed by atoms with Gasteiger partial charge in [-0.2, -0.15) is 0 Å². The first-order valence-electron chi connectivity index (χ1n) is 5.83. The smallest absolute Gasteiger partial charge is 0.319 e. The molecule has 0 bridgehead atoms. The van der Waals surface area contributed by atoms with Crippen LogP contribution in [0.4, 0.5) is 9.18 Å². The second-order valence-corrected chi connectivity index (χ2v) is 5.15. The maximum Gasteiger partial charge on any atom is 0.319 e. The van der Waals surface area contributed by atoms with Gasteiger partial charge in [-0.25, -0.2) is 9.18 Å². The van der Waals surface area contributed by atoms with Crippen LogP contribution in [-0.4, -0.2) is 6.03 Å². The first-order chi connectivity index (χ1) is 8.37. The molecule has 0 aromatic heterocycles. The normalized spacial score (nSPS) is 11.6. The molecule has 0 aliphatic heterocycles. The molecule has 3 nitrogen and oxygen atoms in total. The summed E-state index contributed by atoms with van der Waals surface area (Å²) in [5.74, 6) is -0.281. The van der Waals surface area contributed by atoms with E-state index in [1.807, 2.05) is 26.8 Å². The molecule has 0 atom stereocenters. The lowest BCUT2D eigenvalue weighted by Gasteiger charge is -2.11. The van der Waals surface area contributed by atoms with Crippen LogP contribution in [0.15, 0.2) is 36.5 Å². The lowest BCUT2D eigenvalue weighted by molar-refractivity contribution is 0.243. The van der Waals surface area contributed by atoms with Gasteiger partial charge in [0.2, 0.25) is 0 Å². The van der Waals surface area contributed by atoms with Crippen molar-refractivity contribution in [2.75, 3.05) is 0 Å². The highest BCUT2D eigenvalue weighted by atomic mass is 19.1. The van der Waals surface area contributed by atoms with Gasteiger partial charge in [-0.15, -0.1) is 0 Å². The van der Waals surface area contributed by atoms with Gasteiger partial charge in [-0.3, -0.25) is 0 Å². The van der Waals surface area contributed by atoms with Crippen LogP contribution in [0.5, 0.6) is 0 Å². The van der Waals surface area contributed by atoms with Crippen LogP contribution in [0, 0.1) is 11.2 Å². The lowest BCUT2D eigenvalue weighted by atomic mass is 9.97. The monoisotopic (exact) mass is 250 g/mol. The molecule has 98 valence electrons. The molecule has 0 radical (unpaired) electrons. The minimum Gasteiger partial charge on any atom is -0.334 e. The van der Waals surface area contributed by atoms with E-state index in [0.29, 0.717) is 6.54 Å². The van der Waals surface area contributed by atoms with E-state index < -0.39 is 0 Å². The average Bonchev–Trinajstić information content (AvgIpc) is 2.26. The van der Waals surface area contributed by atoms with Crippen molar-refractivity contribution in [3.05, 3.63) is 47.9 Å². The van der Waals surface area contributed by atoms with Gasteiger partial charge in [-0.05, 0) is 23.1 Å². The molecule has 0 heterocycles. The van der Waals surface area contributed by atoms with Crippen LogP contribution in [0.3, 0.4) is 0 Å². The van der Waals surface area contributed by atoms with Crippen LogP contribution < -0.4 is 10.6 Å². The summed E-state index contributed by atoms with van der Waals surface area (Å²) >= 11 is 0. The Bertz CT molecular complexity index is 418. The summed E-state index contributed by atoms with van der Waals surface area (Å²) in [7, 11) is 0. The third-order valence-corrected chi connectivity index (χ3v) is 2.16. The third kappa shape index (κ3) is 6.03. The fraction of sp³-hybridized carbons (Fsp3) is 0.357. The molecule has 1 aromatic carbocycles. The zero-order valence-electron chi connectivity index (χ0n) is 11.0. The van der Waals surface area contributed by atoms with E-state index >= 15 is 0 Å². The van der Waals surface area contributed by atoms with Gasteiger partial charge in [0.05, 0.1) is 0 Å². The molecular weight excluding hydrogens is 231 g/mol. The summed E-state index contributed by atoms with van der Waals surface area (Å²) in [5.41, 5.74) is 0.885. The molecule has 0 saturated heterocycles. The molecule has 0 saturated carbocycles. The molecule has 0 fully saturated rings. The molecule has 1 aromatic rings. The highest BCUT2D eigenvalue weighted by Crippen LogP contribution is 2.13. The second-order valence-electron chi connectivity index (χ2n) is 5.15. The highest BCUT2D eigenvalue weighted by Gasteiger charge is 2.04. The first kappa shape index (κ1) is 14.2. The maximum atomic E-state index is 12.7. The Labute approximate surface area is 107 Å². The zero-order chi connectivity index (χ0) is 13.6. The van der Waals surface area contributed by atoms with Crippen molar-refractivity contribution in [2.24, 2.45) is 5.41 Å². The van der Waals surface area contributed by atoms with Gasteiger partial charge >= 0.3 is 6.03 Å². The number of halogens is 1. The summed E-state index contributed by atoms with van der Waals surface area (Å²) in [5, 5.41) is 5.30. The standard InChI is InChI=1S/C14H19FN2O/c1-14(2,3)8-9-16-13(18)17-10-11-4-6-12(15)7-5-11/h4-9H,10H2,1-3H3,(H2,16,17,18)/b9-8+. The summed E-state index contributed by atoms with van der Waals surface area (Å²) in [6, 6.07) is 5.74. The average molecular weight is 250 g/mol. The molecule has 0 spiro atoms. The molecule has 1 rings (SSSR count). The first-order valence-corrected chi connectivity index (χ1v) is 5.83. The molecule has 4 heteroatoms. The number of carbonyl (C=O) groups is 1. The van der Waals surface area contributed by atoms with Crippen LogP contribution in [0.25, 0.3) is 0 Å². The Morgan fingerprint density at radius 3 is 2.44 bits per heavy atom. The predicted molar refractivity (Wildman–Crippen MR) is 70.4 cm³/mol. The van der Waals surface area contributed by atoms with Crippen LogP contribution in [0.2, 0.25) is 0 Å². The van der Waals surface area contributed by atoms with Gasteiger partial charge in [-0.1, -0.05) is 39.0 Å². The van der Waals surface area contributed by atoms with Gasteiger partial charge in [0.1, 0.15) is 5.82 Å². The molecule has 0 aliphatic rings. The predicted octanol–water partition coefficient (Wildman–Crippen LogP) is 3.18. The van der Waals surface area contributed by atoms with Crippen molar-refractivity contribution in [1.82, 2.24) is 10.6 Å². The van der Waals surface area contributed by atoms with Gasteiger partial charge < -0.3 is 10.6 Å². The quantitative estimate of drug-likeness (QED) is 0.850. The van der Waals surface area contributed by atoms with Gasteiger partial charge in [0.15, 0.2) is 0 Å². The fourth-order valence-electron chi connectivity index (χ4n) is 1.20. The highest BCUT2D eigenvalue weighted by molar-refractivity contribution is 5.74. The summed E-state index contributed by atoms with van der Waals surface area (Å²) in [6.45, 7) is 6.50. The summed E-state index contributed by atoms with van der Waals surface area (Å²) in [6.07, 6.45) is 3.53. The Kier molecular flexibility index (Phi) is 4.89. The Morgan fingerprint density at radius 1 is 1.28 bits per heavy atom. The Morgan fingerprint density at radius 2 is 1.89 bits per heavy atom. The van der Waals surface area contributed by atoms with Gasteiger partial charge in [0, 0.05) is 12.7 Å². The van der Waals surface area contributed by atoms with E-state index in [2.05, 4.69) is 10.6 Å². The minimum atomic E-state index is -0.281. The minimum absolute atomic E-state index is 0.0320. The van der Waals surface area contributed by atoms with Crippen LogP contribution >= 0.6 is 0 Å². The van der Waals surface area contributed by atoms with E-state index in [0.717, 1.165) is 5.56 Å². The number of carbonyl (C=O) groups excluding carboxylic acids is 1.